The number of hydrogen-bond acceptors (Lipinski definition) is 2. The number of hydrogen-bond donors (Lipinski definition) is 0. The van der Waals surface area contributed by atoms with Gasteiger partial charge in [-0.3, -0.25) is 0 Å². The van der Waals surface area contributed by atoms with Crippen LogP contribution in [0.4, 0.5) is 4.79 Å². The Balaban J connectivity index is 3.60. The minimum absolute atomic E-state index is 0.208. The summed E-state index contributed by atoms with van der Waals surface area (Å²) in [4.78, 5) is 12.8. The molecular formula is C9H21NO2Si. The van der Waals surface area contributed by atoms with Crippen LogP contribution in [0.15, 0.2) is 0 Å². The second kappa shape index (κ2) is 5.27. The van der Waals surface area contributed by atoms with E-state index < -0.39 is 8.07 Å². The molecule has 0 aromatic carbocycles. The quantitative estimate of drug-likeness (QED) is 0.657. The summed E-state index contributed by atoms with van der Waals surface area (Å²) >= 11 is 0. The Labute approximate surface area is 82.1 Å². The predicted octanol–water partition coefficient (Wildman–Crippen LogP) is 2.41. The first-order valence-electron chi connectivity index (χ1n) is 4.74. The molecule has 0 aliphatic heterocycles. The molecule has 4 heteroatoms. The van der Waals surface area contributed by atoms with Crippen LogP contribution in [0.1, 0.15) is 6.92 Å². The van der Waals surface area contributed by atoms with Gasteiger partial charge < -0.3 is 9.64 Å². The summed E-state index contributed by atoms with van der Waals surface area (Å²) in [6, 6.07) is 1.04. The Kier molecular flexibility index (Phi) is 5.06. The van der Waals surface area contributed by atoms with E-state index in [4.69, 9.17) is 4.74 Å². The van der Waals surface area contributed by atoms with Crippen molar-refractivity contribution in [2.45, 2.75) is 32.6 Å². The van der Waals surface area contributed by atoms with E-state index in [1.807, 2.05) is 6.92 Å². The molecule has 0 aromatic rings. The largest absolute Gasteiger partial charge is 0.450 e. The Hall–Kier alpha value is -0.513. The number of ether oxygens (including phenoxy) is 1. The lowest BCUT2D eigenvalue weighted by atomic mass is 10.7. The molecule has 3 nitrogen and oxygen atoms in total. The molecule has 0 N–H and O–H groups in total. The molecule has 0 bridgehead atoms. The lowest BCUT2D eigenvalue weighted by Gasteiger charge is -2.18. The van der Waals surface area contributed by atoms with Crippen LogP contribution in [-0.2, 0) is 4.74 Å². The van der Waals surface area contributed by atoms with Gasteiger partial charge in [0.15, 0.2) is 0 Å². The van der Waals surface area contributed by atoms with Crippen LogP contribution in [0.25, 0.3) is 0 Å². The van der Waals surface area contributed by atoms with Crippen LogP contribution in [0, 0.1) is 0 Å². The van der Waals surface area contributed by atoms with Crippen molar-refractivity contribution >= 4 is 14.2 Å². The maximum Gasteiger partial charge on any atom is 0.409 e. The summed E-state index contributed by atoms with van der Waals surface area (Å²) in [5, 5.41) is 0. The van der Waals surface area contributed by atoms with Crippen molar-refractivity contribution in [1.29, 1.82) is 0 Å². The van der Waals surface area contributed by atoms with Crippen molar-refractivity contribution in [3.63, 3.8) is 0 Å². The van der Waals surface area contributed by atoms with Crippen molar-refractivity contribution in [1.82, 2.24) is 4.90 Å². The smallest absolute Gasteiger partial charge is 0.409 e. The molecule has 0 aromatic heterocycles. The third kappa shape index (κ3) is 6.63. The van der Waals surface area contributed by atoms with E-state index in [0.29, 0.717) is 13.2 Å². The molecule has 0 aliphatic rings. The van der Waals surface area contributed by atoms with Gasteiger partial charge in [0, 0.05) is 21.7 Å². The lowest BCUT2D eigenvalue weighted by molar-refractivity contribution is 0.117. The zero-order valence-electron chi connectivity index (χ0n) is 9.39. The van der Waals surface area contributed by atoms with Crippen molar-refractivity contribution in [2.75, 3.05) is 20.2 Å². The fourth-order valence-electron chi connectivity index (χ4n) is 0.684. The minimum atomic E-state index is -1.06. The maximum atomic E-state index is 11.2. The SMILES string of the molecule is CCN(C)C(=O)OCC[Si](C)(C)C. The van der Waals surface area contributed by atoms with Crippen LogP contribution >= 0.6 is 0 Å². The standard InChI is InChI=1S/C9H21NO2Si/c1-6-10(2)9(11)12-7-8-13(3,4)5/h6-8H2,1-5H3. The number of amides is 1. The Morgan fingerprint density at radius 3 is 2.31 bits per heavy atom. The van der Waals surface area contributed by atoms with E-state index >= 15 is 0 Å². The molecule has 0 spiro atoms. The van der Waals surface area contributed by atoms with E-state index in [1.54, 1.807) is 11.9 Å². The van der Waals surface area contributed by atoms with Gasteiger partial charge in [0.05, 0.1) is 6.61 Å². The Morgan fingerprint density at radius 2 is 1.92 bits per heavy atom. The first kappa shape index (κ1) is 12.5. The van der Waals surface area contributed by atoms with Crippen LogP contribution in [0.5, 0.6) is 0 Å². The Morgan fingerprint density at radius 1 is 1.38 bits per heavy atom. The van der Waals surface area contributed by atoms with Gasteiger partial charge in [0.2, 0.25) is 0 Å². The van der Waals surface area contributed by atoms with Crippen LogP contribution in [0.3, 0.4) is 0 Å². The third-order valence-corrected chi connectivity index (χ3v) is 3.57. The Bertz CT molecular complexity index is 165. The summed E-state index contributed by atoms with van der Waals surface area (Å²) in [5.74, 6) is 0. The number of rotatable bonds is 4. The molecule has 1 amide bonds. The summed E-state index contributed by atoms with van der Waals surface area (Å²) in [6.45, 7) is 10.0. The highest BCUT2D eigenvalue weighted by Crippen LogP contribution is 2.07. The van der Waals surface area contributed by atoms with Crippen LogP contribution in [-0.4, -0.2) is 39.3 Å². The molecule has 0 saturated carbocycles. The molecule has 0 rings (SSSR count). The van der Waals surface area contributed by atoms with Gasteiger partial charge in [-0.05, 0) is 13.0 Å². The highest BCUT2D eigenvalue weighted by molar-refractivity contribution is 6.76. The highest BCUT2D eigenvalue weighted by Gasteiger charge is 2.14. The third-order valence-electron chi connectivity index (χ3n) is 1.86. The number of carbonyl (C=O) groups excluding carboxylic acids is 1. The molecule has 0 fully saturated rings. The first-order chi connectivity index (χ1) is 5.87. The molecule has 0 saturated heterocycles. The summed E-state index contributed by atoms with van der Waals surface area (Å²) in [5.41, 5.74) is 0. The summed E-state index contributed by atoms with van der Waals surface area (Å²) in [7, 11) is 0.682. The molecule has 0 radical (unpaired) electrons. The number of carbonyl (C=O) groups is 1. The molecule has 0 heterocycles. The van der Waals surface area contributed by atoms with E-state index in [9.17, 15) is 4.79 Å². The van der Waals surface area contributed by atoms with Crippen molar-refractivity contribution in [3.8, 4) is 0 Å². The van der Waals surface area contributed by atoms with Gasteiger partial charge in [-0.15, -0.1) is 0 Å². The van der Waals surface area contributed by atoms with Gasteiger partial charge in [-0.2, -0.15) is 0 Å². The average molecular weight is 203 g/mol. The normalized spacial score (nSPS) is 11.2. The molecule has 0 aliphatic carbocycles. The van der Waals surface area contributed by atoms with E-state index in [1.165, 1.54) is 0 Å². The van der Waals surface area contributed by atoms with Crippen molar-refractivity contribution in [2.24, 2.45) is 0 Å². The molecule has 13 heavy (non-hydrogen) atoms. The van der Waals surface area contributed by atoms with Crippen LogP contribution < -0.4 is 0 Å². The monoisotopic (exact) mass is 203 g/mol. The minimum Gasteiger partial charge on any atom is -0.450 e. The van der Waals surface area contributed by atoms with Gasteiger partial charge in [0.1, 0.15) is 0 Å². The average Bonchev–Trinajstić information content (AvgIpc) is 2.00. The molecule has 0 unspecified atom stereocenters. The van der Waals surface area contributed by atoms with E-state index in [0.717, 1.165) is 6.04 Å². The van der Waals surface area contributed by atoms with Crippen molar-refractivity contribution < 1.29 is 9.53 Å². The fourth-order valence-corrected chi connectivity index (χ4v) is 1.40. The zero-order chi connectivity index (χ0) is 10.5. The zero-order valence-corrected chi connectivity index (χ0v) is 10.4. The summed E-state index contributed by atoms with van der Waals surface area (Å²) < 4.78 is 5.09. The van der Waals surface area contributed by atoms with Crippen LogP contribution in [0.2, 0.25) is 25.7 Å². The van der Waals surface area contributed by atoms with Gasteiger partial charge in [0.25, 0.3) is 0 Å². The van der Waals surface area contributed by atoms with Crippen molar-refractivity contribution in [3.05, 3.63) is 0 Å². The highest BCUT2D eigenvalue weighted by atomic mass is 28.3. The lowest BCUT2D eigenvalue weighted by Crippen LogP contribution is -2.29. The second-order valence-electron chi connectivity index (χ2n) is 4.44. The van der Waals surface area contributed by atoms with Gasteiger partial charge >= 0.3 is 6.09 Å². The second-order valence-corrected chi connectivity index (χ2v) is 10.1. The topological polar surface area (TPSA) is 29.5 Å². The number of nitrogens with zero attached hydrogens (tertiary/aromatic N) is 1. The van der Waals surface area contributed by atoms with E-state index in [-0.39, 0.29) is 6.09 Å². The fraction of sp³-hybridized carbons (Fsp3) is 0.889. The first-order valence-corrected chi connectivity index (χ1v) is 8.45. The van der Waals surface area contributed by atoms with Gasteiger partial charge in [-0.25, -0.2) is 4.79 Å². The van der Waals surface area contributed by atoms with Gasteiger partial charge in [-0.1, -0.05) is 19.6 Å². The molecule has 78 valence electrons. The predicted molar refractivity (Wildman–Crippen MR) is 57.8 cm³/mol. The molecular weight excluding hydrogens is 182 g/mol. The summed E-state index contributed by atoms with van der Waals surface area (Å²) in [6.07, 6.45) is -0.208. The van der Waals surface area contributed by atoms with E-state index in [2.05, 4.69) is 19.6 Å². The molecule has 0 atom stereocenters. The maximum absolute atomic E-state index is 11.2.